The summed E-state index contributed by atoms with van der Waals surface area (Å²) in [5.74, 6) is -0.586. The van der Waals surface area contributed by atoms with E-state index in [-0.39, 0.29) is 24.9 Å². The molecule has 1 aliphatic heterocycles. The van der Waals surface area contributed by atoms with Gasteiger partial charge in [0.1, 0.15) is 0 Å². The van der Waals surface area contributed by atoms with Crippen LogP contribution in [0, 0.1) is 0 Å². The fraction of sp³-hybridized carbons (Fsp3) is 0.529. The Balaban J connectivity index is 0.00000312. The van der Waals surface area contributed by atoms with E-state index in [4.69, 9.17) is 10.5 Å². The molecular weight excluding hydrogens is 344 g/mol. The minimum Gasteiger partial charge on any atom is -0.383 e. The van der Waals surface area contributed by atoms with E-state index in [0.717, 1.165) is 31.6 Å². The molecule has 0 spiro atoms. The van der Waals surface area contributed by atoms with E-state index < -0.39 is 5.91 Å². The molecule has 1 aromatic rings. The van der Waals surface area contributed by atoms with Crippen LogP contribution in [0.2, 0.25) is 0 Å². The van der Waals surface area contributed by atoms with Gasteiger partial charge in [0.15, 0.2) is 0 Å². The molecular formula is C17H27ClN4O3. The lowest BCUT2D eigenvalue weighted by molar-refractivity contribution is -0.115. The zero-order chi connectivity index (χ0) is 17.4. The van der Waals surface area contributed by atoms with E-state index in [1.807, 2.05) is 6.07 Å². The Kier molecular flexibility index (Phi) is 9.26. The minimum atomic E-state index is -0.449. The van der Waals surface area contributed by atoms with Gasteiger partial charge in [-0.25, -0.2) is 0 Å². The van der Waals surface area contributed by atoms with Gasteiger partial charge in [-0.1, -0.05) is 0 Å². The largest absolute Gasteiger partial charge is 0.383 e. The first-order valence-electron chi connectivity index (χ1n) is 8.30. The number of hydrogen-bond donors (Lipinski definition) is 3. The van der Waals surface area contributed by atoms with Crippen molar-refractivity contribution < 1.29 is 14.3 Å². The molecule has 0 bridgehead atoms. The number of piperidine rings is 1. The third-order valence-electron chi connectivity index (χ3n) is 4.01. The number of anilines is 2. The second-order valence-corrected chi connectivity index (χ2v) is 5.86. The van der Waals surface area contributed by atoms with Gasteiger partial charge in [-0.3, -0.25) is 9.59 Å². The van der Waals surface area contributed by atoms with Crippen molar-refractivity contribution in [2.45, 2.75) is 19.3 Å². The summed E-state index contributed by atoms with van der Waals surface area (Å²) in [4.78, 5) is 25.8. The number of carbonyl (C=O) groups is 2. The quantitative estimate of drug-likeness (QED) is 0.600. The molecule has 25 heavy (non-hydrogen) atoms. The third-order valence-corrected chi connectivity index (χ3v) is 4.01. The number of primary amides is 1. The van der Waals surface area contributed by atoms with Crippen molar-refractivity contribution >= 4 is 35.6 Å². The van der Waals surface area contributed by atoms with Gasteiger partial charge in [0, 0.05) is 32.4 Å². The van der Waals surface area contributed by atoms with Crippen LogP contribution in [0.25, 0.3) is 0 Å². The van der Waals surface area contributed by atoms with Crippen molar-refractivity contribution in [2.24, 2.45) is 5.73 Å². The number of methoxy groups -OCH3 is 1. The van der Waals surface area contributed by atoms with Crippen LogP contribution in [0.1, 0.15) is 29.6 Å². The van der Waals surface area contributed by atoms with Crippen molar-refractivity contribution in [3.8, 4) is 0 Å². The maximum atomic E-state index is 12.0. The summed E-state index contributed by atoms with van der Waals surface area (Å²) in [5, 5.41) is 5.84. The molecule has 2 amide bonds. The molecule has 0 aliphatic carbocycles. The monoisotopic (exact) mass is 370 g/mol. The van der Waals surface area contributed by atoms with Gasteiger partial charge in [0.05, 0.1) is 24.4 Å². The maximum absolute atomic E-state index is 12.0. The lowest BCUT2D eigenvalue weighted by Gasteiger charge is -2.30. The van der Waals surface area contributed by atoms with Gasteiger partial charge in [0.2, 0.25) is 5.91 Å². The standard InChI is InChI=1S/C17H26N4O3.ClH/c1-24-10-7-19-12-16(22)20-13-5-6-14(17(18)23)15(11-13)21-8-3-2-4-9-21;/h5-6,11,19H,2-4,7-10,12H2,1H3,(H2,18,23)(H,20,22);1H. The normalized spacial score (nSPS) is 13.9. The van der Waals surface area contributed by atoms with Crippen LogP contribution in [0.15, 0.2) is 18.2 Å². The highest BCUT2D eigenvalue weighted by Crippen LogP contribution is 2.27. The number of nitrogens with one attached hydrogen (secondary N) is 2. The minimum absolute atomic E-state index is 0. The Morgan fingerprint density at radius 2 is 1.96 bits per heavy atom. The fourth-order valence-electron chi connectivity index (χ4n) is 2.80. The first-order valence-corrected chi connectivity index (χ1v) is 8.30. The van der Waals surface area contributed by atoms with E-state index in [9.17, 15) is 9.59 Å². The van der Waals surface area contributed by atoms with Crippen LogP contribution in [0.4, 0.5) is 11.4 Å². The van der Waals surface area contributed by atoms with Gasteiger partial charge >= 0.3 is 0 Å². The van der Waals surface area contributed by atoms with Crippen LogP contribution in [0.3, 0.4) is 0 Å². The number of amides is 2. The average molecular weight is 371 g/mol. The zero-order valence-corrected chi connectivity index (χ0v) is 15.4. The Bertz CT molecular complexity index is 577. The molecule has 1 aromatic carbocycles. The highest BCUT2D eigenvalue weighted by molar-refractivity contribution is 6.00. The molecule has 8 heteroatoms. The summed E-state index contributed by atoms with van der Waals surface area (Å²) in [6, 6.07) is 5.22. The van der Waals surface area contributed by atoms with Crippen molar-refractivity contribution in [1.82, 2.24) is 5.32 Å². The van der Waals surface area contributed by atoms with Crippen LogP contribution in [0.5, 0.6) is 0 Å². The molecule has 7 nitrogen and oxygen atoms in total. The molecule has 0 aromatic heterocycles. The fourth-order valence-corrected chi connectivity index (χ4v) is 2.80. The summed E-state index contributed by atoms with van der Waals surface area (Å²) >= 11 is 0. The summed E-state index contributed by atoms with van der Waals surface area (Å²) in [7, 11) is 1.62. The van der Waals surface area contributed by atoms with Gasteiger partial charge in [-0.05, 0) is 37.5 Å². The number of ether oxygens (including phenoxy) is 1. The van der Waals surface area contributed by atoms with Gasteiger partial charge in [0.25, 0.3) is 5.91 Å². The molecule has 0 atom stereocenters. The molecule has 0 radical (unpaired) electrons. The number of nitrogens with zero attached hydrogens (tertiary/aromatic N) is 1. The van der Waals surface area contributed by atoms with Crippen LogP contribution >= 0.6 is 12.4 Å². The smallest absolute Gasteiger partial charge is 0.250 e. The van der Waals surface area contributed by atoms with Crippen molar-refractivity contribution in [3.63, 3.8) is 0 Å². The predicted octanol–water partition coefficient (Wildman–Crippen LogP) is 1.37. The Morgan fingerprint density at radius 1 is 1.24 bits per heavy atom. The summed E-state index contributed by atoms with van der Waals surface area (Å²) < 4.78 is 4.92. The first kappa shape index (κ1) is 21.2. The molecule has 2 rings (SSSR count). The number of rotatable bonds is 8. The Labute approximate surface area is 154 Å². The molecule has 0 unspecified atom stereocenters. The third kappa shape index (κ3) is 6.53. The average Bonchev–Trinajstić information content (AvgIpc) is 2.59. The number of halogens is 1. The summed E-state index contributed by atoms with van der Waals surface area (Å²) in [6.45, 7) is 3.18. The number of benzene rings is 1. The summed E-state index contributed by atoms with van der Waals surface area (Å²) in [6.07, 6.45) is 3.39. The van der Waals surface area contributed by atoms with Crippen LogP contribution in [-0.2, 0) is 9.53 Å². The molecule has 1 heterocycles. The predicted molar refractivity (Wildman–Crippen MR) is 102 cm³/mol. The van der Waals surface area contributed by atoms with Gasteiger partial charge in [-0.2, -0.15) is 0 Å². The molecule has 1 aliphatic rings. The van der Waals surface area contributed by atoms with E-state index in [2.05, 4.69) is 15.5 Å². The topological polar surface area (TPSA) is 96.7 Å². The zero-order valence-electron chi connectivity index (χ0n) is 14.5. The van der Waals surface area contributed by atoms with E-state index in [1.165, 1.54) is 6.42 Å². The highest BCUT2D eigenvalue weighted by Gasteiger charge is 2.18. The van der Waals surface area contributed by atoms with Crippen molar-refractivity contribution in [3.05, 3.63) is 23.8 Å². The lowest BCUT2D eigenvalue weighted by atomic mass is 10.1. The van der Waals surface area contributed by atoms with E-state index in [0.29, 0.717) is 24.4 Å². The van der Waals surface area contributed by atoms with Crippen LogP contribution < -0.4 is 21.3 Å². The number of carbonyl (C=O) groups excluding carboxylic acids is 2. The maximum Gasteiger partial charge on any atom is 0.250 e. The lowest BCUT2D eigenvalue weighted by Crippen LogP contribution is -2.32. The molecule has 0 saturated carbocycles. The van der Waals surface area contributed by atoms with Crippen LogP contribution in [-0.4, -0.2) is 51.7 Å². The Morgan fingerprint density at radius 3 is 2.60 bits per heavy atom. The SMILES string of the molecule is COCCNCC(=O)Nc1ccc(C(N)=O)c(N2CCCCC2)c1.Cl. The van der Waals surface area contributed by atoms with Gasteiger partial charge in [-0.15, -0.1) is 12.4 Å². The van der Waals surface area contributed by atoms with Crippen molar-refractivity contribution in [1.29, 1.82) is 0 Å². The molecule has 4 N–H and O–H groups in total. The molecule has 140 valence electrons. The molecule has 1 fully saturated rings. The Hall–Kier alpha value is -1.83. The molecule has 1 saturated heterocycles. The summed E-state index contributed by atoms with van der Waals surface area (Å²) in [5.41, 5.74) is 7.45. The number of nitrogens with two attached hydrogens (primary N) is 1. The van der Waals surface area contributed by atoms with E-state index in [1.54, 1.807) is 19.2 Å². The first-order chi connectivity index (χ1) is 11.6. The van der Waals surface area contributed by atoms with Crippen molar-refractivity contribution in [2.75, 3.05) is 50.1 Å². The van der Waals surface area contributed by atoms with E-state index >= 15 is 0 Å². The highest BCUT2D eigenvalue weighted by atomic mass is 35.5. The second-order valence-electron chi connectivity index (χ2n) is 5.86. The van der Waals surface area contributed by atoms with Gasteiger partial charge < -0.3 is 26.0 Å². The number of hydrogen-bond acceptors (Lipinski definition) is 5. The second kappa shape index (κ2) is 10.9.